The Morgan fingerprint density at radius 2 is 2.04 bits per heavy atom. The first kappa shape index (κ1) is 17.7. The number of anilines is 1. The van der Waals surface area contributed by atoms with Crippen molar-refractivity contribution >= 4 is 5.95 Å². The number of para-hydroxylation sites is 1. The third kappa shape index (κ3) is 3.85. The van der Waals surface area contributed by atoms with Crippen LogP contribution >= 0.6 is 0 Å². The standard InChI is InChI=1S/C19H26N8/c1-24(2)13-14-25-12-10-20-18(25)16-7-6-11-26(15-16)19-21-22-23-27(19)17-8-4-3-5-9-17/h3-5,8-10,12,16H,6-7,11,13-15H2,1-2H3/t16-/m1/s1. The number of tetrazole rings is 1. The minimum atomic E-state index is 0.386. The van der Waals surface area contributed by atoms with E-state index in [4.69, 9.17) is 0 Å². The highest BCUT2D eigenvalue weighted by Crippen LogP contribution is 2.29. The second-order valence-corrected chi connectivity index (χ2v) is 7.29. The quantitative estimate of drug-likeness (QED) is 0.663. The molecule has 4 rings (SSSR count). The second kappa shape index (κ2) is 7.87. The molecule has 1 aliphatic heterocycles. The molecule has 3 heterocycles. The van der Waals surface area contributed by atoms with Crippen LogP contribution in [-0.4, -0.2) is 68.4 Å². The van der Waals surface area contributed by atoms with E-state index in [0.29, 0.717) is 5.92 Å². The number of rotatable bonds is 6. The van der Waals surface area contributed by atoms with Crippen LogP contribution in [0.5, 0.6) is 0 Å². The molecule has 0 saturated carbocycles. The van der Waals surface area contributed by atoms with Gasteiger partial charge in [-0.05, 0) is 49.5 Å². The Hall–Kier alpha value is -2.74. The number of hydrogen-bond acceptors (Lipinski definition) is 6. The van der Waals surface area contributed by atoms with Gasteiger partial charge in [0.25, 0.3) is 0 Å². The van der Waals surface area contributed by atoms with Gasteiger partial charge in [0.1, 0.15) is 5.82 Å². The van der Waals surface area contributed by atoms with Crippen LogP contribution in [0, 0.1) is 0 Å². The fraction of sp³-hybridized carbons (Fsp3) is 0.474. The molecule has 8 nitrogen and oxygen atoms in total. The van der Waals surface area contributed by atoms with Crippen molar-refractivity contribution in [2.45, 2.75) is 25.3 Å². The van der Waals surface area contributed by atoms with E-state index in [-0.39, 0.29) is 0 Å². The van der Waals surface area contributed by atoms with Crippen molar-refractivity contribution in [1.82, 2.24) is 34.7 Å². The van der Waals surface area contributed by atoms with Crippen LogP contribution in [0.15, 0.2) is 42.7 Å². The largest absolute Gasteiger partial charge is 0.339 e. The van der Waals surface area contributed by atoms with Crippen LogP contribution in [-0.2, 0) is 6.54 Å². The molecule has 0 radical (unpaired) electrons. The van der Waals surface area contributed by atoms with E-state index >= 15 is 0 Å². The van der Waals surface area contributed by atoms with Crippen molar-refractivity contribution in [1.29, 1.82) is 0 Å². The van der Waals surface area contributed by atoms with Crippen molar-refractivity contribution < 1.29 is 0 Å². The van der Waals surface area contributed by atoms with Crippen molar-refractivity contribution in [3.63, 3.8) is 0 Å². The predicted octanol–water partition coefficient (Wildman–Crippen LogP) is 1.80. The van der Waals surface area contributed by atoms with Gasteiger partial charge in [0.05, 0.1) is 5.69 Å². The van der Waals surface area contributed by atoms with Gasteiger partial charge < -0.3 is 14.4 Å². The third-order valence-corrected chi connectivity index (χ3v) is 5.06. The molecule has 1 atom stereocenters. The molecule has 0 unspecified atom stereocenters. The Morgan fingerprint density at radius 3 is 2.85 bits per heavy atom. The molecule has 1 saturated heterocycles. The summed E-state index contributed by atoms with van der Waals surface area (Å²) in [4.78, 5) is 9.16. The van der Waals surface area contributed by atoms with Gasteiger partial charge in [-0.2, -0.15) is 4.68 Å². The van der Waals surface area contributed by atoms with Gasteiger partial charge in [0.15, 0.2) is 0 Å². The lowest BCUT2D eigenvalue weighted by Gasteiger charge is -2.32. The number of likely N-dealkylation sites (N-methyl/N-ethyl adjacent to an activating group) is 1. The summed E-state index contributed by atoms with van der Waals surface area (Å²) < 4.78 is 4.11. The molecule has 0 bridgehead atoms. The maximum Gasteiger partial charge on any atom is 0.250 e. The number of hydrogen-bond donors (Lipinski definition) is 0. The van der Waals surface area contributed by atoms with Crippen molar-refractivity contribution in [2.24, 2.45) is 0 Å². The molecule has 1 fully saturated rings. The average Bonchev–Trinajstić information content (AvgIpc) is 3.36. The Morgan fingerprint density at radius 1 is 1.19 bits per heavy atom. The van der Waals surface area contributed by atoms with Gasteiger partial charge in [0.2, 0.25) is 5.95 Å². The van der Waals surface area contributed by atoms with Gasteiger partial charge in [-0.15, -0.1) is 0 Å². The van der Waals surface area contributed by atoms with Crippen molar-refractivity contribution in [3.05, 3.63) is 48.5 Å². The second-order valence-electron chi connectivity index (χ2n) is 7.29. The molecular weight excluding hydrogens is 340 g/mol. The molecule has 27 heavy (non-hydrogen) atoms. The normalized spacial score (nSPS) is 17.6. The smallest absolute Gasteiger partial charge is 0.250 e. The summed E-state index contributed by atoms with van der Waals surface area (Å²) in [5.41, 5.74) is 0.979. The minimum absolute atomic E-state index is 0.386. The molecule has 142 valence electrons. The van der Waals surface area contributed by atoms with E-state index in [1.165, 1.54) is 5.82 Å². The predicted molar refractivity (Wildman–Crippen MR) is 104 cm³/mol. The summed E-state index contributed by atoms with van der Waals surface area (Å²) in [6, 6.07) is 10.0. The van der Waals surface area contributed by atoms with Gasteiger partial charge >= 0.3 is 0 Å². The summed E-state index contributed by atoms with van der Waals surface area (Å²) >= 11 is 0. The third-order valence-electron chi connectivity index (χ3n) is 5.06. The first-order valence-corrected chi connectivity index (χ1v) is 9.47. The Bertz CT molecular complexity index is 853. The molecule has 8 heteroatoms. The number of aromatic nitrogens is 6. The number of nitrogens with zero attached hydrogens (tertiary/aromatic N) is 8. The highest BCUT2D eigenvalue weighted by molar-refractivity contribution is 5.41. The van der Waals surface area contributed by atoms with E-state index in [2.05, 4.69) is 55.2 Å². The summed E-state index contributed by atoms with van der Waals surface area (Å²) in [5, 5.41) is 12.4. The zero-order valence-electron chi connectivity index (χ0n) is 15.9. The molecule has 0 amide bonds. The van der Waals surface area contributed by atoms with E-state index in [1.807, 2.05) is 41.2 Å². The lowest BCUT2D eigenvalue weighted by atomic mass is 9.97. The Labute approximate surface area is 159 Å². The van der Waals surface area contributed by atoms with Gasteiger partial charge in [-0.25, -0.2) is 4.98 Å². The van der Waals surface area contributed by atoms with Crippen LogP contribution in [0.2, 0.25) is 0 Å². The molecule has 3 aromatic rings. The van der Waals surface area contributed by atoms with E-state index in [0.717, 1.165) is 50.7 Å². The Kier molecular flexibility index (Phi) is 5.15. The van der Waals surface area contributed by atoms with Crippen LogP contribution in [0.3, 0.4) is 0 Å². The lowest BCUT2D eigenvalue weighted by molar-refractivity contribution is 0.373. The Balaban J connectivity index is 1.54. The molecular formula is C19H26N8. The number of imidazole rings is 1. The number of benzene rings is 1. The lowest BCUT2D eigenvalue weighted by Crippen LogP contribution is -2.37. The van der Waals surface area contributed by atoms with Crippen LogP contribution in [0.4, 0.5) is 5.95 Å². The molecule has 0 N–H and O–H groups in total. The average molecular weight is 366 g/mol. The van der Waals surface area contributed by atoms with Crippen LogP contribution < -0.4 is 4.90 Å². The summed E-state index contributed by atoms with van der Waals surface area (Å²) in [6.45, 7) is 3.81. The van der Waals surface area contributed by atoms with Crippen LogP contribution in [0.1, 0.15) is 24.6 Å². The first-order valence-electron chi connectivity index (χ1n) is 9.47. The highest BCUT2D eigenvalue weighted by atomic mass is 15.6. The maximum atomic E-state index is 4.67. The molecule has 0 spiro atoms. The zero-order valence-corrected chi connectivity index (χ0v) is 15.9. The monoisotopic (exact) mass is 366 g/mol. The maximum absolute atomic E-state index is 4.67. The van der Waals surface area contributed by atoms with E-state index in [9.17, 15) is 0 Å². The van der Waals surface area contributed by atoms with Gasteiger partial charge in [-0.1, -0.05) is 23.3 Å². The number of piperidine rings is 1. The van der Waals surface area contributed by atoms with Crippen molar-refractivity contribution in [3.8, 4) is 5.69 Å². The fourth-order valence-electron chi connectivity index (χ4n) is 3.66. The molecule has 1 aliphatic rings. The molecule has 2 aromatic heterocycles. The fourth-order valence-corrected chi connectivity index (χ4v) is 3.66. The molecule has 1 aromatic carbocycles. The highest BCUT2D eigenvalue weighted by Gasteiger charge is 2.28. The summed E-state index contributed by atoms with van der Waals surface area (Å²) in [5.74, 6) is 2.36. The van der Waals surface area contributed by atoms with Crippen LogP contribution in [0.25, 0.3) is 5.69 Å². The van der Waals surface area contributed by atoms with E-state index in [1.54, 1.807) is 0 Å². The van der Waals surface area contributed by atoms with Gasteiger partial charge in [-0.3, -0.25) is 0 Å². The minimum Gasteiger partial charge on any atom is -0.339 e. The van der Waals surface area contributed by atoms with Gasteiger partial charge in [0, 0.05) is 44.5 Å². The topological polar surface area (TPSA) is 67.9 Å². The molecule has 0 aliphatic carbocycles. The first-order chi connectivity index (χ1) is 13.2. The van der Waals surface area contributed by atoms with E-state index < -0.39 is 0 Å². The SMILES string of the molecule is CN(C)CCn1ccnc1[C@@H]1CCCN(c2nnnn2-c2ccccc2)C1. The summed E-state index contributed by atoms with van der Waals surface area (Å²) in [7, 11) is 4.20. The zero-order chi connectivity index (χ0) is 18.6. The summed E-state index contributed by atoms with van der Waals surface area (Å²) in [6.07, 6.45) is 6.25. The van der Waals surface area contributed by atoms with Crippen molar-refractivity contribution in [2.75, 3.05) is 38.6 Å².